The predicted molar refractivity (Wildman–Crippen MR) is 111 cm³/mol. The highest BCUT2D eigenvalue weighted by atomic mass is 19.4. The average molecular weight is 457 g/mol. The van der Waals surface area contributed by atoms with E-state index < -0.39 is 29.4 Å². The number of carbonyl (C=O) groups excluding carboxylic acids is 1. The van der Waals surface area contributed by atoms with E-state index in [0.29, 0.717) is 43.2 Å². The summed E-state index contributed by atoms with van der Waals surface area (Å²) in [5.74, 6) is -0.300. The summed E-state index contributed by atoms with van der Waals surface area (Å²) >= 11 is 0. The van der Waals surface area contributed by atoms with E-state index >= 15 is 0 Å². The SMILES string of the molecule is C[C@@H](O)C1(C(=O)N2Cc3cc(C(F)(F)F)ccc3C(O)C2)CC[C@@H](NC2CCOCC2)C1. The Balaban J connectivity index is 1.52. The maximum Gasteiger partial charge on any atom is 0.416 e. The zero-order chi connectivity index (χ0) is 23.1. The van der Waals surface area contributed by atoms with Gasteiger partial charge in [0.1, 0.15) is 0 Å². The molecule has 2 unspecified atom stereocenters. The molecule has 6 nitrogen and oxygen atoms in total. The van der Waals surface area contributed by atoms with Gasteiger partial charge in [0.2, 0.25) is 5.91 Å². The lowest BCUT2D eigenvalue weighted by Gasteiger charge is -2.40. The monoisotopic (exact) mass is 456 g/mol. The van der Waals surface area contributed by atoms with Crippen LogP contribution in [0, 0.1) is 5.41 Å². The minimum absolute atomic E-state index is 0.00370. The van der Waals surface area contributed by atoms with Crippen LogP contribution in [0.4, 0.5) is 13.2 Å². The number of aliphatic hydroxyl groups excluding tert-OH is 2. The second-order valence-corrected chi connectivity index (χ2v) is 9.44. The second-order valence-electron chi connectivity index (χ2n) is 9.44. The van der Waals surface area contributed by atoms with Crippen molar-refractivity contribution in [2.75, 3.05) is 19.8 Å². The molecule has 2 aliphatic heterocycles. The van der Waals surface area contributed by atoms with Crippen molar-refractivity contribution in [2.24, 2.45) is 5.41 Å². The highest BCUT2D eigenvalue weighted by Gasteiger charge is 2.51. The van der Waals surface area contributed by atoms with Gasteiger partial charge in [-0.3, -0.25) is 4.79 Å². The van der Waals surface area contributed by atoms with Gasteiger partial charge < -0.3 is 25.2 Å². The van der Waals surface area contributed by atoms with Crippen molar-refractivity contribution in [1.29, 1.82) is 0 Å². The van der Waals surface area contributed by atoms with Gasteiger partial charge in [-0.25, -0.2) is 0 Å². The topological polar surface area (TPSA) is 82.0 Å². The van der Waals surface area contributed by atoms with Crippen LogP contribution in [0.3, 0.4) is 0 Å². The summed E-state index contributed by atoms with van der Waals surface area (Å²) < 4.78 is 44.9. The molecule has 0 bridgehead atoms. The first-order chi connectivity index (χ1) is 15.1. The number of hydrogen-bond donors (Lipinski definition) is 3. The van der Waals surface area contributed by atoms with E-state index in [2.05, 4.69) is 5.32 Å². The summed E-state index contributed by atoms with van der Waals surface area (Å²) in [7, 11) is 0. The van der Waals surface area contributed by atoms with Crippen molar-refractivity contribution in [3.8, 4) is 0 Å². The standard InChI is InChI=1S/C23H31F3N2O4/c1-14(29)22(7-4-18(11-22)27-17-5-8-32-9-6-17)21(31)28-12-15-10-16(23(24,25)26)2-3-19(15)20(30)13-28/h2-3,10,14,17-18,20,27,29-30H,4-9,11-13H2,1H3/t14-,18-,20?,22?/m1/s1. The van der Waals surface area contributed by atoms with Gasteiger partial charge in [0.05, 0.1) is 29.7 Å². The Morgan fingerprint density at radius 3 is 2.62 bits per heavy atom. The van der Waals surface area contributed by atoms with Crippen molar-refractivity contribution < 1.29 is 32.9 Å². The number of rotatable bonds is 4. The normalized spacial score (nSPS) is 30.2. The fraction of sp³-hybridized carbons (Fsp3) is 0.696. The van der Waals surface area contributed by atoms with Crippen LogP contribution in [0.25, 0.3) is 0 Å². The van der Waals surface area contributed by atoms with Gasteiger partial charge in [-0.05, 0) is 62.3 Å². The van der Waals surface area contributed by atoms with Crippen molar-refractivity contribution in [1.82, 2.24) is 10.2 Å². The lowest BCUT2D eigenvalue weighted by molar-refractivity contribution is -0.151. The van der Waals surface area contributed by atoms with Crippen LogP contribution in [0.15, 0.2) is 18.2 Å². The number of amides is 1. The predicted octanol–water partition coefficient (Wildman–Crippen LogP) is 2.77. The van der Waals surface area contributed by atoms with Crippen molar-refractivity contribution in [3.63, 3.8) is 0 Å². The molecular weight excluding hydrogens is 425 g/mol. The summed E-state index contributed by atoms with van der Waals surface area (Å²) in [5.41, 5.74) is -1.10. The lowest BCUT2D eigenvalue weighted by Crippen LogP contribution is -2.51. The Morgan fingerprint density at radius 1 is 1.25 bits per heavy atom. The molecule has 2 heterocycles. The quantitative estimate of drug-likeness (QED) is 0.649. The van der Waals surface area contributed by atoms with Crippen LogP contribution >= 0.6 is 0 Å². The summed E-state index contributed by atoms with van der Waals surface area (Å²) in [6, 6.07) is 3.66. The van der Waals surface area contributed by atoms with Crippen molar-refractivity contribution in [3.05, 3.63) is 34.9 Å². The van der Waals surface area contributed by atoms with Gasteiger partial charge in [0.15, 0.2) is 0 Å². The zero-order valence-corrected chi connectivity index (χ0v) is 18.2. The Bertz CT molecular complexity index is 841. The van der Waals surface area contributed by atoms with E-state index in [4.69, 9.17) is 4.74 Å². The van der Waals surface area contributed by atoms with Crippen LogP contribution in [-0.2, 0) is 22.3 Å². The maximum absolute atomic E-state index is 13.6. The Morgan fingerprint density at radius 2 is 1.97 bits per heavy atom. The van der Waals surface area contributed by atoms with Crippen molar-refractivity contribution in [2.45, 2.75) is 76.0 Å². The van der Waals surface area contributed by atoms with E-state index in [-0.39, 0.29) is 25.0 Å². The molecule has 178 valence electrons. The summed E-state index contributed by atoms with van der Waals surface area (Å²) in [5, 5.41) is 24.8. The number of halogens is 3. The molecule has 0 spiro atoms. The van der Waals surface area contributed by atoms with Gasteiger partial charge >= 0.3 is 6.18 Å². The van der Waals surface area contributed by atoms with Crippen LogP contribution in [-0.4, -0.2) is 59.0 Å². The zero-order valence-electron chi connectivity index (χ0n) is 18.2. The molecule has 1 saturated carbocycles. The van der Waals surface area contributed by atoms with E-state index in [1.165, 1.54) is 11.0 Å². The number of hydrogen-bond acceptors (Lipinski definition) is 5. The molecule has 32 heavy (non-hydrogen) atoms. The van der Waals surface area contributed by atoms with Crippen LogP contribution in [0.5, 0.6) is 0 Å². The first-order valence-electron chi connectivity index (χ1n) is 11.3. The molecule has 0 aromatic heterocycles. The van der Waals surface area contributed by atoms with Gasteiger partial charge in [-0.1, -0.05) is 6.07 Å². The fourth-order valence-corrected chi connectivity index (χ4v) is 5.46. The van der Waals surface area contributed by atoms with Crippen LogP contribution in [0.2, 0.25) is 0 Å². The number of ether oxygens (including phenoxy) is 1. The molecule has 4 rings (SSSR count). The third-order valence-corrected chi connectivity index (χ3v) is 7.34. The van der Waals surface area contributed by atoms with Crippen molar-refractivity contribution >= 4 is 5.91 Å². The number of carbonyl (C=O) groups is 1. The fourth-order valence-electron chi connectivity index (χ4n) is 5.46. The minimum atomic E-state index is -4.50. The molecule has 1 saturated heterocycles. The molecule has 1 aromatic rings. The summed E-state index contributed by atoms with van der Waals surface area (Å²) in [6.07, 6.45) is -2.97. The smallest absolute Gasteiger partial charge is 0.392 e. The van der Waals surface area contributed by atoms with Gasteiger partial charge in [0.25, 0.3) is 0 Å². The Hall–Kier alpha value is -1.68. The summed E-state index contributed by atoms with van der Waals surface area (Å²) in [6.45, 7) is 3.00. The Kier molecular flexibility index (Phi) is 6.55. The van der Waals surface area contributed by atoms with Crippen LogP contribution < -0.4 is 5.32 Å². The van der Waals surface area contributed by atoms with E-state index in [0.717, 1.165) is 31.4 Å². The molecule has 1 aromatic carbocycles. The molecule has 0 radical (unpaired) electrons. The molecule has 4 atom stereocenters. The maximum atomic E-state index is 13.6. The summed E-state index contributed by atoms with van der Waals surface area (Å²) in [4.78, 5) is 15.0. The largest absolute Gasteiger partial charge is 0.416 e. The molecule has 9 heteroatoms. The molecule has 3 N–H and O–H groups in total. The number of aliphatic hydroxyl groups is 2. The first-order valence-corrected chi connectivity index (χ1v) is 11.3. The third kappa shape index (κ3) is 4.53. The number of β-amino-alcohol motifs (C(OH)–C–C–N with tert-alkyl or cyclic N) is 1. The van der Waals surface area contributed by atoms with Gasteiger partial charge in [0, 0.05) is 31.8 Å². The second kappa shape index (κ2) is 8.93. The molecule has 2 fully saturated rings. The minimum Gasteiger partial charge on any atom is -0.392 e. The molecule has 1 amide bonds. The molecule has 3 aliphatic rings. The van der Waals surface area contributed by atoms with E-state index in [9.17, 15) is 28.2 Å². The third-order valence-electron chi connectivity index (χ3n) is 7.34. The average Bonchev–Trinajstić information content (AvgIpc) is 3.18. The van der Waals surface area contributed by atoms with Crippen LogP contribution in [0.1, 0.15) is 61.8 Å². The number of benzene rings is 1. The van der Waals surface area contributed by atoms with Gasteiger partial charge in [-0.15, -0.1) is 0 Å². The van der Waals surface area contributed by atoms with E-state index in [1.54, 1.807) is 6.92 Å². The van der Waals surface area contributed by atoms with Gasteiger partial charge in [-0.2, -0.15) is 13.2 Å². The highest BCUT2D eigenvalue weighted by Crippen LogP contribution is 2.45. The number of nitrogens with zero attached hydrogens (tertiary/aromatic N) is 1. The lowest BCUT2D eigenvalue weighted by atomic mass is 9.78. The first kappa shape index (κ1) is 23.5. The Labute approximate surface area is 185 Å². The molecular formula is C23H31F3N2O4. The number of fused-ring (bicyclic) bond motifs is 1. The molecule has 1 aliphatic carbocycles. The highest BCUT2D eigenvalue weighted by molar-refractivity contribution is 5.84. The number of nitrogens with one attached hydrogen (secondary N) is 1. The number of alkyl halides is 3. The van der Waals surface area contributed by atoms with E-state index in [1.807, 2.05) is 0 Å².